The summed E-state index contributed by atoms with van der Waals surface area (Å²) in [7, 11) is -4.64. The third kappa shape index (κ3) is 9.40. The van der Waals surface area contributed by atoms with Gasteiger partial charge in [0.1, 0.15) is 17.0 Å². The molecule has 1 atom stereocenters. The molecule has 20 heteroatoms. The quantitative estimate of drug-likeness (QED) is 0.0654. The van der Waals surface area contributed by atoms with Crippen molar-refractivity contribution in [3.63, 3.8) is 0 Å². The fraction of sp³-hybridized carbons (Fsp3) is 0.577. The molecule has 3 aliphatic carbocycles. The summed E-state index contributed by atoms with van der Waals surface area (Å²) in [5.41, 5.74) is 2.41. The van der Waals surface area contributed by atoms with E-state index in [4.69, 9.17) is 19.2 Å². The number of benzene rings is 2. The second kappa shape index (κ2) is 18.8. The molecule has 10 rings (SSSR count). The number of carbonyl (C=O) groups is 1. The highest BCUT2D eigenvalue weighted by Gasteiger charge is 2.68. The molecule has 2 aromatic heterocycles. The molecule has 0 spiro atoms. The molecular weight excluding hydrogens is 954 g/mol. The number of nitro groups is 1. The number of allylic oxidation sites excluding steroid dienone is 1. The zero-order valence-corrected chi connectivity index (χ0v) is 42.3. The molecule has 3 aliphatic heterocycles. The highest BCUT2D eigenvalue weighted by atomic mass is 32.2. The first-order valence-electron chi connectivity index (χ1n) is 25.2. The summed E-state index contributed by atoms with van der Waals surface area (Å²) >= 11 is 0. The first-order chi connectivity index (χ1) is 34.2. The van der Waals surface area contributed by atoms with E-state index in [1.54, 1.807) is 12.3 Å². The van der Waals surface area contributed by atoms with E-state index in [2.05, 4.69) is 38.7 Å². The third-order valence-corrected chi connectivity index (χ3v) is 18.3. The topological polar surface area (TPSA) is 185 Å². The van der Waals surface area contributed by atoms with Crippen LogP contribution in [0.2, 0.25) is 0 Å². The Labute approximate surface area is 418 Å². The molecule has 1 amide bonds. The molecular formula is C52H65F3N8O8S. The van der Waals surface area contributed by atoms with Crippen molar-refractivity contribution in [2.24, 2.45) is 21.7 Å². The number of nitrogens with zero attached hydrogens (tertiary/aromatic N) is 5. The minimum absolute atomic E-state index is 0.0611. The van der Waals surface area contributed by atoms with Crippen LogP contribution in [0.5, 0.6) is 5.88 Å². The standard InChI is InChI=1S/C52H65F3N8O8S/c1-48(2)12-10-35(40(29-48)50-13-15-51(33-50,16-14-50)49(3,4)52(53,54)55)31-60-19-21-61(22-20-60)36-6-8-39(42(27-36)62-18-5-23-71-47-44(62)26-34-11-17-56-45(34)58-47)46(64)59-72(67,68)38-7-9-41(43(28-38)63(65)66)57-30-37-32-69-24-25-70-37/h6-9,11,17,26-28,37,57H,5,10,12-16,18-25,29-33H2,1-4H3,(H,56,58)(H,59,64). The van der Waals surface area contributed by atoms with E-state index < -0.39 is 48.4 Å². The minimum Gasteiger partial charge on any atom is -0.476 e. The Morgan fingerprint density at radius 3 is 2.46 bits per heavy atom. The average molecular weight is 1020 g/mol. The second-order valence-electron chi connectivity index (χ2n) is 22.1. The zero-order chi connectivity index (χ0) is 50.8. The van der Waals surface area contributed by atoms with Crippen LogP contribution in [0.1, 0.15) is 95.8 Å². The molecule has 16 nitrogen and oxygen atoms in total. The number of rotatable bonds is 13. The molecule has 1 unspecified atom stereocenters. The summed E-state index contributed by atoms with van der Waals surface area (Å²) in [5, 5.41) is 16.0. The van der Waals surface area contributed by atoms with E-state index in [1.807, 2.05) is 29.2 Å². The number of hydrogen-bond donors (Lipinski definition) is 3. The summed E-state index contributed by atoms with van der Waals surface area (Å²) in [4.78, 5) is 40.0. The predicted octanol–water partition coefficient (Wildman–Crippen LogP) is 9.51. The number of nitrogens with one attached hydrogen (secondary N) is 3. The maximum Gasteiger partial charge on any atom is 0.394 e. The Hall–Kier alpha value is -5.44. The number of halogens is 3. The first kappa shape index (κ1) is 50.1. The molecule has 72 heavy (non-hydrogen) atoms. The molecule has 2 saturated heterocycles. The van der Waals surface area contributed by atoms with Gasteiger partial charge in [-0.15, -0.1) is 0 Å². The van der Waals surface area contributed by atoms with Gasteiger partial charge in [-0.3, -0.25) is 19.8 Å². The van der Waals surface area contributed by atoms with Crippen LogP contribution in [0, 0.1) is 31.8 Å². The number of fused-ring (bicyclic) bond motifs is 4. The number of nitro benzene ring substituents is 1. The van der Waals surface area contributed by atoms with Gasteiger partial charge in [-0.2, -0.15) is 18.2 Å². The van der Waals surface area contributed by atoms with Crippen molar-refractivity contribution in [3.8, 4) is 5.88 Å². The highest BCUT2D eigenvalue weighted by Crippen LogP contribution is 2.74. The van der Waals surface area contributed by atoms with E-state index in [0.29, 0.717) is 94.6 Å². The molecule has 2 bridgehead atoms. The Bertz CT molecular complexity index is 2880. The van der Waals surface area contributed by atoms with Gasteiger partial charge in [0, 0.05) is 69.2 Å². The van der Waals surface area contributed by atoms with Gasteiger partial charge in [-0.25, -0.2) is 13.1 Å². The van der Waals surface area contributed by atoms with Crippen LogP contribution in [0.4, 0.5) is 41.6 Å². The molecule has 388 valence electrons. The summed E-state index contributed by atoms with van der Waals surface area (Å²) in [6.45, 7) is 13.2. The van der Waals surface area contributed by atoms with Crippen molar-refractivity contribution in [1.29, 1.82) is 0 Å². The number of H-pyrrole nitrogens is 1. The smallest absolute Gasteiger partial charge is 0.394 e. The lowest BCUT2D eigenvalue weighted by atomic mass is 9.63. The largest absolute Gasteiger partial charge is 0.476 e. The molecule has 0 radical (unpaired) electrons. The van der Waals surface area contributed by atoms with E-state index in [9.17, 15) is 36.5 Å². The van der Waals surface area contributed by atoms with Crippen LogP contribution in [-0.2, 0) is 19.5 Å². The number of hydrogen-bond acceptors (Lipinski definition) is 13. The Morgan fingerprint density at radius 1 is 0.958 bits per heavy atom. The number of pyridine rings is 1. The van der Waals surface area contributed by atoms with Crippen molar-refractivity contribution in [2.45, 2.75) is 103 Å². The third-order valence-electron chi connectivity index (χ3n) is 17.0. The number of ether oxygens (including phenoxy) is 3. The van der Waals surface area contributed by atoms with Crippen LogP contribution < -0.4 is 24.6 Å². The first-order valence-corrected chi connectivity index (χ1v) is 26.7. The molecule has 4 aromatic rings. The van der Waals surface area contributed by atoms with Crippen molar-refractivity contribution < 1.29 is 45.5 Å². The van der Waals surface area contributed by atoms with Gasteiger partial charge >= 0.3 is 6.18 Å². The lowest BCUT2D eigenvalue weighted by molar-refractivity contribution is -0.384. The zero-order valence-electron chi connectivity index (χ0n) is 41.5. The lowest BCUT2D eigenvalue weighted by Gasteiger charge is -2.44. The van der Waals surface area contributed by atoms with Crippen LogP contribution in [0.15, 0.2) is 70.8 Å². The van der Waals surface area contributed by atoms with E-state index >= 15 is 0 Å². The highest BCUT2D eigenvalue weighted by molar-refractivity contribution is 7.90. The van der Waals surface area contributed by atoms with Gasteiger partial charge in [0.15, 0.2) is 0 Å². The normalized spacial score (nSPS) is 25.0. The fourth-order valence-corrected chi connectivity index (χ4v) is 13.5. The Morgan fingerprint density at radius 2 is 1.74 bits per heavy atom. The average Bonchev–Trinajstić information content (AvgIpc) is 4.06. The van der Waals surface area contributed by atoms with Crippen LogP contribution in [0.3, 0.4) is 0 Å². The molecule has 5 heterocycles. The maximum absolute atomic E-state index is 14.6. The van der Waals surface area contributed by atoms with Gasteiger partial charge < -0.3 is 34.3 Å². The van der Waals surface area contributed by atoms with E-state index in [0.717, 1.165) is 68.9 Å². The van der Waals surface area contributed by atoms with Crippen molar-refractivity contribution in [2.75, 3.05) is 87.4 Å². The second-order valence-corrected chi connectivity index (χ2v) is 23.8. The summed E-state index contributed by atoms with van der Waals surface area (Å²) in [5.74, 6) is -0.570. The number of aromatic nitrogens is 2. The Kier molecular flexibility index (Phi) is 13.1. The summed E-state index contributed by atoms with van der Waals surface area (Å²) in [6.07, 6.45) is 4.10. The number of aromatic amines is 1. The van der Waals surface area contributed by atoms with Gasteiger partial charge in [0.05, 0.1) is 59.0 Å². The van der Waals surface area contributed by atoms with Crippen molar-refractivity contribution >= 4 is 55.4 Å². The molecule has 2 saturated carbocycles. The van der Waals surface area contributed by atoms with Gasteiger partial charge in [-0.05, 0) is 116 Å². The molecule has 6 aliphatic rings. The number of alkyl halides is 3. The van der Waals surface area contributed by atoms with E-state index in [-0.39, 0.29) is 34.7 Å². The Balaban J connectivity index is 0.909. The summed E-state index contributed by atoms with van der Waals surface area (Å²) in [6, 6.07) is 12.6. The van der Waals surface area contributed by atoms with Crippen LogP contribution in [0.25, 0.3) is 11.0 Å². The molecule has 3 N–H and O–H groups in total. The molecule has 2 aromatic carbocycles. The SMILES string of the molecule is CC1(C)CCC(CN2CCN(c3ccc(C(=O)NS(=O)(=O)c4ccc(NCC5COCCO5)c([N+](=O)[O-])c4)c(N4CCCOc5nc6[nH]ccc6cc54)c3)CC2)=C(C23CCC(C(C)(C)C(F)(F)F)(CC2)C3)C1. The van der Waals surface area contributed by atoms with Crippen LogP contribution >= 0.6 is 0 Å². The fourth-order valence-electron chi connectivity index (χ4n) is 12.5. The van der Waals surface area contributed by atoms with Gasteiger partial charge in [0.25, 0.3) is 21.6 Å². The number of carbonyl (C=O) groups excluding carboxylic acids is 1. The summed E-state index contributed by atoms with van der Waals surface area (Å²) < 4.78 is 91.1. The van der Waals surface area contributed by atoms with Crippen molar-refractivity contribution in [3.05, 3.63) is 81.6 Å². The van der Waals surface area contributed by atoms with E-state index in [1.165, 1.54) is 37.1 Å². The number of anilines is 4. The predicted molar refractivity (Wildman–Crippen MR) is 268 cm³/mol. The number of piperazine rings is 1. The van der Waals surface area contributed by atoms with Gasteiger partial charge in [-0.1, -0.05) is 38.8 Å². The molecule has 4 fully saturated rings. The number of sulfonamides is 1. The lowest BCUT2D eigenvalue weighted by Crippen LogP contribution is -2.47. The minimum atomic E-state index is -4.64. The van der Waals surface area contributed by atoms with Gasteiger partial charge in [0.2, 0.25) is 5.88 Å². The monoisotopic (exact) mass is 1020 g/mol. The van der Waals surface area contributed by atoms with Crippen molar-refractivity contribution in [1.82, 2.24) is 19.6 Å². The maximum atomic E-state index is 14.6. The number of amides is 1. The van der Waals surface area contributed by atoms with Crippen LogP contribution in [-0.4, -0.2) is 119 Å².